The van der Waals surface area contributed by atoms with Crippen molar-refractivity contribution in [1.82, 2.24) is 10.6 Å². The summed E-state index contributed by atoms with van der Waals surface area (Å²) in [5, 5.41) is 4.78. The molecule has 2 N–H and O–H groups in total. The van der Waals surface area contributed by atoms with Gasteiger partial charge in [-0.15, -0.1) is 11.6 Å². The van der Waals surface area contributed by atoms with Crippen LogP contribution in [-0.4, -0.2) is 35.4 Å². The van der Waals surface area contributed by atoms with Crippen molar-refractivity contribution in [3.8, 4) is 0 Å². The first-order chi connectivity index (χ1) is 7.10. The summed E-state index contributed by atoms with van der Waals surface area (Å²) in [6, 6.07) is -0.415. The van der Waals surface area contributed by atoms with Gasteiger partial charge in [0.25, 0.3) is 0 Å². The maximum Gasteiger partial charge on any atom is 0.321 e. The van der Waals surface area contributed by atoms with Gasteiger partial charge in [-0.05, 0) is 24.9 Å². The van der Waals surface area contributed by atoms with Crippen molar-refractivity contribution in [2.24, 2.45) is 0 Å². The van der Waals surface area contributed by atoms with E-state index in [1.54, 1.807) is 0 Å². The SMILES string of the molecule is CCSCCC(C)NC(=O)NC(=O)CCl. The maximum atomic E-state index is 11.1. The number of hydrogen-bond acceptors (Lipinski definition) is 3. The lowest BCUT2D eigenvalue weighted by molar-refractivity contribution is -0.117. The van der Waals surface area contributed by atoms with Crippen LogP contribution < -0.4 is 10.6 Å². The average molecular weight is 253 g/mol. The van der Waals surface area contributed by atoms with Gasteiger partial charge in [0.1, 0.15) is 5.88 Å². The van der Waals surface area contributed by atoms with Crippen molar-refractivity contribution in [3.05, 3.63) is 0 Å². The lowest BCUT2D eigenvalue weighted by atomic mass is 10.3. The van der Waals surface area contributed by atoms with E-state index < -0.39 is 11.9 Å². The van der Waals surface area contributed by atoms with Gasteiger partial charge in [-0.3, -0.25) is 10.1 Å². The first-order valence-corrected chi connectivity index (χ1v) is 6.53. The molecule has 0 aromatic carbocycles. The summed E-state index contributed by atoms with van der Waals surface area (Å²) < 4.78 is 0. The smallest absolute Gasteiger partial charge is 0.321 e. The molecule has 0 aromatic heterocycles. The van der Waals surface area contributed by atoms with Crippen molar-refractivity contribution in [2.75, 3.05) is 17.4 Å². The standard InChI is InChI=1S/C9H17ClN2O2S/c1-3-15-5-4-7(2)11-9(14)12-8(13)6-10/h7H,3-6H2,1-2H3,(H2,11,12,13,14). The van der Waals surface area contributed by atoms with Crippen LogP contribution in [0.25, 0.3) is 0 Å². The molecule has 0 aromatic rings. The van der Waals surface area contributed by atoms with E-state index >= 15 is 0 Å². The van der Waals surface area contributed by atoms with E-state index in [1.165, 1.54) is 0 Å². The van der Waals surface area contributed by atoms with Gasteiger partial charge < -0.3 is 5.32 Å². The predicted molar refractivity (Wildman–Crippen MR) is 64.5 cm³/mol. The molecule has 3 amide bonds. The van der Waals surface area contributed by atoms with Crippen molar-refractivity contribution in [1.29, 1.82) is 0 Å². The van der Waals surface area contributed by atoms with E-state index in [1.807, 2.05) is 18.7 Å². The van der Waals surface area contributed by atoms with Gasteiger partial charge in [0.15, 0.2) is 0 Å². The molecule has 1 atom stereocenters. The van der Waals surface area contributed by atoms with Crippen molar-refractivity contribution in [3.63, 3.8) is 0 Å². The number of thioether (sulfide) groups is 1. The van der Waals surface area contributed by atoms with Crippen LogP contribution in [0.15, 0.2) is 0 Å². The van der Waals surface area contributed by atoms with E-state index in [4.69, 9.17) is 11.6 Å². The Morgan fingerprint density at radius 3 is 2.67 bits per heavy atom. The lowest BCUT2D eigenvalue weighted by Gasteiger charge is -2.13. The van der Waals surface area contributed by atoms with Crippen molar-refractivity contribution >= 4 is 35.3 Å². The molecule has 1 unspecified atom stereocenters. The third kappa shape index (κ3) is 8.57. The number of urea groups is 1. The Morgan fingerprint density at radius 1 is 1.47 bits per heavy atom. The highest BCUT2D eigenvalue weighted by molar-refractivity contribution is 7.99. The van der Waals surface area contributed by atoms with Gasteiger partial charge in [-0.1, -0.05) is 6.92 Å². The second-order valence-corrected chi connectivity index (χ2v) is 4.70. The van der Waals surface area contributed by atoms with Crippen LogP contribution in [0.2, 0.25) is 0 Å². The van der Waals surface area contributed by atoms with E-state index in [0.717, 1.165) is 17.9 Å². The summed E-state index contributed by atoms with van der Waals surface area (Å²) in [6.07, 6.45) is 0.890. The zero-order valence-electron chi connectivity index (χ0n) is 9.01. The van der Waals surface area contributed by atoms with Crippen LogP contribution in [-0.2, 0) is 4.79 Å². The summed E-state index contributed by atoms with van der Waals surface area (Å²) >= 11 is 7.06. The molecule has 0 bridgehead atoms. The van der Waals surface area contributed by atoms with Crippen molar-refractivity contribution < 1.29 is 9.59 Å². The molecular formula is C9H17ClN2O2S. The Morgan fingerprint density at radius 2 is 2.13 bits per heavy atom. The fourth-order valence-corrected chi connectivity index (χ4v) is 1.77. The van der Waals surface area contributed by atoms with Gasteiger partial charge in [0.05, 0.1) is 0 Å². The summed E-state index contributed by atoms with van der Waals surface area (Å²) in [5.41, 5.74) is 0. The summed E-state index contributed by atoms with van der Waals surface area (Å²) in [7, 11) is 0. The van der Waals surface area contributed by atoms with E-state index in [0.29, 0.717) is 0 Å². The number of carbonyl (C=O) groups is 2. The highest BCUT2D eigenvalue weighted by Gasteiger charge is 2.09. The highest BCUT2D eigenvalue weighted by Crippen LogP contribution is 2.03. The molecule has 15 heavy (non-hydrogen) atoms. The average Bonchev–Trinajstić information content (AvgIpc) is 2.17. The number of halogens is 1. The number of nitrogens with one attached hydrogen (secondary N) is 2. The molecule has 0 aliphatic heterocycles. The quantitative estimate of drug-likeness (QED) is 0.558. The molecule has 6 heteroatoms. The second kappa shape index (κ2) is 8.85. The number of hydrogen-bond donors (Lipinski definition) is 2. The third-order valence-corrected chi connectivity index (χ3v) is 2.83. The number of alkyl halides is 1. The Balaban J connectivity index is 3.62. The normalized spacial score (nSPS) is 11.9. The second-order valence-electron chi connectivity index (χ2n) is 3.04. The molecule has 0 aliphatic rings. The fourth-order valence-electron chi connectivity index (χ4n) is 0.897. The molecular weight excluding hydrogens is 236 g/mol. The number of imide groups is 1. The number of carbonyl (C=O) groups excluding carboxylic acids is 2. The van der Waals surface area contributed by atoms with E-state index in [2.05, 4.69) is 17.6 Å². The molecule has 88 valence electrons. The fraction of sp³-hybridized carbons (Fsp3) is 0.778. The molecule has 0 spiro atoms. The maximum absolute atomic E-state index is 11.1. The summed E-state index contributed by atoms with van der Waals surface area (Å²) in [5.74, 6) is 1.39. The molecule has 0 rings (SSSR count). The van der Waals surface area contributed by atoms with Crippen molar-refractivity contribution in [2.45, 2.75) is 26.3 Å². The van der Waals surface area contributed by atoms with Gasteiger partial charge >= 0.3 is 6.03 Å². The molecule has 0 heterocycles. The van der Waals surface area contributed by atoms with Crippen LogP contribution >= 0.6 is 23.4 Å². The lowest BCUT2D eigenvalue weighted by Crippen LogP contribution is -2.44. The largest absolute Gasteiger partial charge is 0.335 e. The first kappa shape index (κ1) is 14.6. The number of amides is 3. The summed E-state index contributed by atoms with van der Waals surface area (Å²) in [4.78, 5) is 21.9. The van der Waals surface area contributed by atoms with Gasteiger partial charge in [-0.25, -0.2) is 4.79 Å². The van der Waals surface area contributed by atoms with Crippen LogP contribution in [0.1, 0.15) is 20.3 Å². The topological polar surface area (TPSA) is 58.2 Å². The molecule has 0 saturated heterocycles. The van der Waals surface area contributed by atoms with Gasteiger partial charge in [-0.2, -0.15) is 11.8 Å². The minimum Gasteiger partial charge on any atom is -0.335 e. The van der Waals surface area contributed by atoms with Crippen LogP contribution in [0.5, 0.6) is 0 Å². The van der Waals surface area contributed by atoms with Crippen LogP contribution in [0, 0.1) is 0 Å². The Labute approximate surface area is 99.5 Å². The first-order valence-electron chi connectivity index (χ1n) is 4.84. The molecule has 0 fully saturated rings. The summed E-state index contributed by atoms with van der Waals surface area (Å²) in [6.45, 7) is 4.00. The zero-order valence-corrected chi connectivity index (χ0v) is 10.6. The third-order valence-electron chi connectivity index (χ3n) is 1.65. The highest BCUT2D eigenvalue weighted by atomic mass is 35.5. The Kier molecular flexibility index (Phi) is 8.61. The van der Waals surface area contributed by atoms with E-state index in [-0.39, 0.29) is 11.9 Å². The molecule has 0 radical (unpaired) electrons. The van der Waals surface area contributed by atoms with Gasteiger partial charge in [0.2, 0.25) is 5.91 Å². The zero-order chi connectivity index (χ0) is 11.7. The number of rotatable bonds is 6. The minimum absolute atomic E-state index is 0.0622. The van der Waals surface area contributed by atoms with Gasteiger partial charge in [0, 0.05) is 6.04 Å². The molecule has 0 saturated carbocycles. The van der Waals surface area contributed by atoms with Crippen LogP contribution in [0.4, 0.5) is 4.79 Å². The molecule has 4 nitrogen and oxygen atoms in total. The minimum atomic E-state index is -0.482. The van der Waals surface area contributed by atoms with E-state index in [9.17, 15) is 9.59 Å². The predicted octanol–water partition coefficient (Wildman–Crippen LogP) is 1.58. The Bertz CT molecular complexity index is 214. The molecule has 0 aliphatic carbocycles. The monoisotopic (exact) mass is 252 g/mol. The van der Waals surface area contributed by atoms with Crippen LogP contribution in [0.3, 0.4) is 0 Å². The Hall–Kier alpha value is -0.420.